The van der Waals surface area contributed by atoms with Gasteiger partial charge < -0.3 is 9.47 Å². The third kappa shape index (κ3) is 3.77. The van der Waals surface area contributed by atoms with Crippen LogP contribution in [-0.4, -0.2) is 21.0 Å². The monoisotopic (exact) mass is 625 g/mol. The molecule has 5 rings (SSSR count). The number of halogens is 3. The summed E-state index contributed by atoms with van der Waals surface area (Å²) in [5.41, 5.74) is 5.35. The number of esters is 1. The molecule has 6 nitrogen and oxygen atoms in total. The van der Waals surface area contributed by atoms with E-state index in [1.807, 2.05) is 42.5 Å². The van der Waals surface area contributed by atoms with Crippen LogP contribution < -0.4 is 4.74 Å². The van der Waals surface area contributed by atoms with Crippen LogP contribution in [0.15, 0.2) is 28.9 Å². The molecule has 1 fully saturated rings. The summed E-state index contributed by atoms with van der Waals surface area (Å²) in [6, 6.07) is 5.51. The Kier molecular flexibility index (Phi) is 5.97. The topological polar surface area (TPSA) is 66.2 Å². The van der Waals surface area contributed by atoms with Crippen molar-refractivity contribution in [2.24, 2.45) is 11.8 Å². The van der Waals surface area contributed by atoms with Crippen LogP contribution >= 0.6 is 38.5 Å². The fourth-order valence-corrected chi connectivity index (χ4v) is 5.89. The normalized spacial score (nSPS) is 21.5. The second-order valence-electron chi connectivity index (χ2n) is 8.68. The van der Waals surface area contributed by atoms with Crippen molar-refractivity contribution in [2.45, 2.75) is 46.3 Å². The second kappa shape index (κ2) is 8.65. The summed E-state index contributed by atoms with van der Waals surface area (Å²) in [6.07, 6.45) is 3.23. The lowest BCUT2D eigenvalue weighted by atomic mass is 9.74. The Labute approximate surface area is 213 Å². The lowest BCUT2D eigenvalue weighted by molar-refractivity contribution is -0.144. The number of fused-ring (bicyclic) bond motifs is 3. The van der Waals surface area contributed by atoms with Crippen molar-refractivity contribution in [2.75, 3.05) is 0 Å². The fourth-order valence-electron chi connectivity index (χ4n) is 4.98. The maximum absolute atomic E-state index is 14.9. The molecule has 1 aromatic heterocycles. The van der Waals surface area contributed by atoms with E-state index in [0.29, 0.717) is 19.4 Å². The predicted molar refractivity (Wildman–Crippen MR) is 132 cm³/mol. The van der Waals surface area contributed by atoms with E-state index >= 15 is 0 Å². The minimum Gasteiger partial charge on any atom is -0.487 e. The van der Waals surface area contributed by atoms with Gasteiger partial charge in [-0.3, -0.25) is 4.79 Å². The molecule has 0 saturated carbocycles. The Morgan fingerprint density at radius 1 is 1.36 bits per heavy atom. The van der Waals surface area contributed by atoms with Crippen molar-refractivity contribution in [3.63, 3.8) is 0 Å². The van der Waals surface area contributed by atoms with Crippen molar-refractivity contribution in [3.05, 3.63) is 66.2 Å². The van der Waals surface area contributed by atoms with Gasteiger partial charge in [-0.2, -0.15) is 0 Å². The summed E-state index contributed by atoms with van der Waals surface area (Å²) in [6.45, 7) is 6.19. The lowest BCUT2D eigenvalue weighted by Gasteiger charge is -2.31. The highest BCUT2D eigenvalue weighted by Gasteiger charge is 2.46. The molecule has 172 valence electrons. The van der Waals surface area contributed by atoms with E-state index in [9.17, 15) is 9.18 Å². The molecule has 3 atom stereocenters. The summed E-state index contributed by atoms with van der Waals surface area (Å²) in [7, 11) is 0. The van der Waals surface area contributed by atoms with E-state index in [1.165, 1.54) is 10.2 Å². The van der Waals surface area contributed by atoms with Crippen LogP contribution in [0.4, 0.5) is 4.39 Å². The van der Waals surface area contributed by atoms with Crippen LogP contribution in [0.5, 0.6) is 5.75 Å². The average molecular weight is 626 g/mol. The van der Waals surface area contributed by atoms with Crippen LogP contribution in [0, 0.1) is 35.1 Å². The minimum atomic E-state index is -0.374. The fraction of sp³-hybridized carbons (Fsp3) is 0.375. The standard InChI is InChI=1S/C24H22BrFIN3O3/c1-11-8-19(13(3)20-15(11)4-5-16-12(2)24(31)33-23(16)20)32-10-14-9-28-29-30(14)22-17(25)6-7-18(27)21(22)26/h6-9,12,16,23H,4-5,10H2,1-3H3/t12-,16-,23+/m0/s1. The van der Waals surface area contributed by atoms with E-state index in [4.69, 9.17) is 9.47 Å². The number of nitrogens with zero attached hydrogens (tertiary/aromatic N) is 3. The predicted octanol–water partition coefficient (Wildman–Crippen LogP) is 5.77. The molecule has 33 heavy (non-hydrogen) atoms. The highest BCUT2D eigenvalue weighted by molar-refractivity contribution is 14.1. The van der Waals surface area contributed by atoms with Gasteiger partial charge in [0.05, 0.1) is 15.7 Å². The van der Waals surface area contributed by atoms with E-state index < -0.39 is 0 Å². The molecule has 2 aliphatic rings. The molecular weight excluding hydrogens is 604 g/mol. The zero-order valence-electron chi connectivity index (χ0n) is 18.4. The number of benzene rings is 2. The first-order valence-electron chi connectivity index (χ1n) is 10.8. The number of aryl methyl sites for hydroxylation is 1. The third-order valence-corrected chi connectivity index (χ3v) is 8.28. The van der Waals surface area contributed by atoms with Crippen molar-refractivity contribution < 1.29 is 18.7 Å². The summed E-state index contributed by atoms with van der Waals surface area (Å²) in [5.74, 6) is 0.333. The number of carbonyl (C=O) groups excluding carboxylic acids is 1. The van der Waals surface area contributed by atoms with Crippen LogP contribution in [-0.2, 0) is 22.6 Å². The first-order chi connectivity index (χ1) is 15.8. The van der Waals surface area contributed by atoms with Gasteiger partial charge in [-0.15, -0.1) is 5.10 Å². The number of ether oxygens (including phenoxy) is 2. The molecule has 0 unspecified atom stereocenters. The molecule has 0 N–H and O–H groups in total. The molecule has 0 amide bonds. The first-order valence-corrected chi connectivity index (χ1v) is 12.6. The highest BCUT2D eigenvalue weighted by Crippen LogP contribution is 2.49. The Balaban J connectivity index is 1.47. The van der Waals surface area contributed by atoms with E-state index in [1.54, 1.807) is 18.3 Å². The van der Waals surface area contributed by atoms with Crippen molar-refractivity contribution in [1.29, 1.82) is 0 Å². The second-order valence-corrected chi connectivity index (χ2v) is 10.7. The van der Waals surface area contributed by atoms with Gasteiger partial charge in [0.25, 0.3) is 0 Å². The first kappa shape index (κ1) is 22.8. The summed E-state index contributed by atoms with van der Waals surface area (Å²) in [4.78, 5) is 12.3. The van der Waals surface area contributed by atoms with Crippen LogP contribution in [0.3, 0.4) is 0 Å². The highest BCUT2D eigenvalue weighted by atomic mass is 127. The molecule has 2 aromatic carbocycles. The zero-order valence-corrected chi connectivity index (χ0v) is 22.1. The van der Waals surface area contributed by atoms with Gasteiger partial charge in [0, 0.05) is 16.0 Å². The molecule has 2 heterocycles. The molecule has 0 bridgehead atoms. The molecule has 1 aliphatic carbocycles. The molecule has 1 aliphatic heterocycles. The lowest BCUT2D eigenvalue weighted by Crippen LogP contribution is -2.22. The van der Waals surface area contributed by atoms with Gasteiger partial charge in [0.15, 0.2) is 5.82 Å². The molecule has 0 spiro atoms. The largest absolute Gasteiger partial charge is 0.487 e. The van der Waals surface area contributed by atoms with Crippen LogP contribution in [0.1, 0.15) is 47.4 Å². The Morgan fingerprint density at radius 2 is 2.15 bits per heavy atom. The van der Waals surface area contributed by atoms with Gasteiger partial charge in [0.1, 0.15) is 29.8 Å². The number of aromatic nitrogens is 3. The van der Waals surface area contributed by atoms with Gasteiger partial charge in [-0.25, -0.2) is 9.07 Å². The molecule has 9 heteroatoms. The average Bonchev–Trinajstić information content (AvgIpc) is 3.36. The quantitative estimate of drug-likeness (QED) is 0.209. The summed E-state index contributed by atoms with van der Waals surface area (Å²) in [5, 5.41) is 8.07. The maximum atomic E-state index is 14.9. The molecule has 0 radical (unpaired) electrons. The van der Waals surface area contributed by atoms with Gasteiger partial charge >= 0.3 is 5.97 Å². The smallest absolute Gasteiger partial charge is 0.309 e. The minimum absolute atomic E-state index is 0.0881. The number of hydrogen-bond donors (Lipinski definition) is 0. The maximum Gasteiger partial charge on any atom is 0.309 e. The van der Waals surface area contributed by atoms with Gasteiger partial charge in [0.2, 0.25) is 0 Å². The Hall–Kier alpha value is -2.01. The van der Waals surface area contributed by atoms with Gasteiger partial charge in [-0.1, -0.05) is 12.1 Å². The van der Waals surface area contributed by atoms with E-state index in [2.05, 4.69) is 33.2 Å². The SMILES string of the molecule is Cc1cc(OCc2cnnn2-c2c(Br)ccc(I)c2F)c(C)c2c1CC[C@H]1[C@H](C)C(=O)O[C@@H]21. The number of rotatable bonds is 4. The van der Waals surface area contributed by atoms with E-state index in [0.717, 1.165) is 35.3 Å². The van der Waals surface area contributed by atoms with Crippen LogP contribution in [0.2, 0.25) is 0 Å². The van der Waals surface area contributed by atoms with Crippen molar-refractivity contribution in [3.8, 4) is 11.4 Å². The summed E-state index contributed by atoms with van der Waals surface area (Å²) >= 11 is 5.37. The van der Waals surface area contributed by atoms with Crippen molar-refractivity contribution in [1.82, 2.24) is 15.0 Å². The summed E-state index contributed by atoms with van der Waals surface area (Å²) < 4.78 is 29.4. The van der Waals surface area contributed by atoms with Crippen LogP contribution in [0.25, 0.3) is 5.69 Å². The van der Waals surface area contributed by atoms with Gasteiger partial charge in [-0.05, 0) is 100 Å². The molecular formula is C24H22BrFIN3O3. The Bertz CT molecular complexity index is 1280. The Morgan fingerprint density at radius 3 is 2.94 bits per heavy atom. The number of hydrogen-bond acceptors (Lipinski definition) is 5. The van der Waals surface area contributed by atoms with Crippen molar-refractivity contribution >= 4 is 44.5 Å². The van der Waals surface area contributed by atoms with E-state index in [-0.39, 0.29) is 36.3 Å². The third-order valence-electron chi connectivity index (χ3n) is 6.81. The molecule has 1 saturated heterocycles. The zero-order chi connectivity index (χ0) is 23.4. The molecule has 3 aromatic rings. The number of carbonyl (C=O) groups is 1.